The molecule has 202 valence electrons. The van der Waals surface area contributed by atoms with Crippen LogP contribution in [0.4, 0.5) is 5.69 Å². The summed E-state index contributed by atoms with van der Waals surface area (Å²) in [5.41, 5.74) is 7.43. The van der Waals surface area contributed by atoms with Gasteiger partial charge in [-0.15, -0.1) is 0 Å². The number of carbonyl (C=O) groups is 2. The number of piperidine rings is 1. The van der Waals surface area contributed by atoms with Crippen molar-refractivity contribution in [3.05, 3.63) is 29.8 Å². The molecule has 3 N–H and O–H groups in total. The zero-order valence-electron chi connectivity index (χ0n) is 22.9. The summed E-state index contributed by atoms with van der Waals surface area (Å²) in [6.07, 6.45) is 11.2. The van der Waals surface area contributed by atoms with Crippen LogP contribution in [0.25, 0.3) is 0 Å². The minimum Gasteiger partial charge on any atom is -0.390 e. The molecule has 1 atom stereocenters. The quantitative estimate of drug-likeness (QED) is 0.421. The molecule has 1 heterocycles. The number of nitrogens with two attached hydrogens (primary N) is 1. The Morgan fingerprint density at radius 3 is 2.28 bits per heavy atom. The van der Waals surface area contributed by atoms with Crippen molar-refractivity contribution in [2.24, 2.45) is 17.6 Å². The van der Waals surface area contributed by atoms with Crippen molar-refractivity contribution in [2.75, 3.05) is 24.5 Å². The van der Waals surface area contributed by atoms with Crippen molar-refractivity contribution >= 4 is 17.5 Å². The predicted octanol–water partition coefficient (Wildman–Crippen LogP) is 5.06. The number of hydrogen-bond acceptors (Lipinski definition) is 4. The monoisotopic (exact) mass is 499 g/mol. The minimum absolute atomic E-state index is 0.138. The van der Waals surface area contributed by atoms with Gasteiger partial charge in [-0.1, -0.05) is 52.2 Å². The van der Waals surface area contributed by atoms with E-state index in [0.29, 0.717) is 24.8 Å². The number of likely N-dealkylation sites (tertiary alicyclic amines) is 1. The van der Waals surface area contributed by atoms with Crippen LogP contribution >= 0.6 is 0 Å². The summed E-state index contributed by atoms with van der Waals surface area (Å²) in [6, 6.07) is 9.41. The number of anilines is 1. The Morgan fingerprint density at radius 2 is 1.69 bits per heavy atom. The first-order chi connectivity index (χ1) is 17.2. The van der Waals surface area contributed by atoms with Gasteiger partial charge in [-0.2, -0.15) is 0 Å². The Bertz CT molecular complexity index is 824. The summed E-state index contributed by atoms with van der Waals surface area (Å²) in [7, 11) is 0. The Balaban J connectivity index is 1.56. The first-order valence-corrected chi connectivity index (χ1v) is 14.3. The number of nitrogens with zero attached hydrogens (tertiary/aromatic N) is 2. The van der Waals surface area contributed by atoms with Gasteiger partial charge in [-0.25, -0.2) is 0 Å². The highest BCUT2D eigenvalue weighted by atomic mass is 16.3. The third-order valence-electron chi connectivity index (χ3n) is 8.41. The van der Waals surface area contributed by atoms with Gasteiger partial charge >= 0.3 is 0 Å². The van der Waals surface area contributed by atoms with Gasteiger partial charge in [-0.3, -0.25) is 9.59 Å². The van der Waals surface area contributed by atoms with Crippen LogP contribution in [0.15, 0.2) is 24.3 Å². The molecule has 1 saturated heterocycles. The molecule has 0 aromatic heterocycles. The van der Waals surface area contributed by atoms with Gasteiger partial charge in [0, 0.05) is 43.7 Å². The van der Waals surface area contributed by atoms with Crippen molar-refractivity contribution in [1.29, 1.82) is 0 Å². The lowest BCUT2D eigenvalue weighted by atomic mass is 9.81. The molecule has 36 heavy (non-hydrogen) atoms. The summed E-state index contributed by atoms with van der Waals surface area (Å²) < 4.78 is 0. The van der Waals surface area contributed by atoms with Crippen molar-refractivity contribution in [2.45, 2.75) is 109 Å². The average Bonchev–Trinajstić information content (AvgIpc) is 2.87. The highest BCUT2D eigenvalue weighted by Crippen LogP contribution is 2.32. The molecule has 1 unspecified atom stereocenters. The highest BCUT2D eigenvalue weighted by molar-refractivity contribution is 5.79. The van der Waals surface area contributed by atoms with Gasteiger partial charge in [0.15, 0.2) is 0 Å². The number of carbonyl (C=O) groups excluding carboxylic acids is 2. The van der Waals surface area contributed by atoms with E-state index in [1.54, 1.807) is 6.92 Å². The molecule has 1 aliphatic carbocycles. The van der Waals surface area contributed by atoms with E-state index in [9.17, 15) is 14.7 Å². The first-order valence-electron chi connectivity index (χ1n) is 14.3. The molecule has 2 fully saturated rings. The number of hydrogen-bond donors (Lipinski definition) is 2. The Hall–Kier alpha value is -2.08. The number of primary amides is 1. The largest absolute Gasteiger partial charge is 0.390 e. The molecular weight excluding hydrogens is 450 g/mol. The standard InChI is InChI=1S/C30H49N3O3/c1-23(2)14-22-33(27-15-20-32(21-16-27)28(34)12-7-24(3)29(31)35)26-10-8-25(9-11-26)13-19-30(36)17-5-4-6-18-30/h8-11,23-24,27,36H,4-7,12-22H2,1-3H3,(H2,31,35). The third kappa shape index (κ3) is 8.50. The van der Waals surface area contributed by atoms with E-state index < -0.39 is 5.60 Å². The fraction of sp³-hybridized carbons (Fsp3) is 0.733. The zero-order valence-corrected chi connectivity index (χ0v) is 22.9. The van der Waals surface area contributed by atoms with E-state index in [2.05, 4.69) is 43.0 Å². The molecule has 1 aromatic rings. The second-order valence-corrected chi connectivity index (χ2v) is 11.8. The third-order valence-corrected chi connectivity index (χ3v) is 8.41. The van der Waals surface area contributed by atoms with Gasteiger partial charge < -0.3 is 20.6 Å². The van der Waals surface area contributed by atoms with Crippen LogP contribution in [-0.4, -0.2) is 53.1 Å². The molecule has 0 spiro atoms. The first kappa shape index (κ1) is 28.5. The lowest BCUT2D eigenvalue weighted by Crippen LogP contribution is -2.47. The molecule has 6 nitrogen and oxygen atoms in total. The number of aryl methyl sites for hydroxylation is 1. The van der Waals surface area contributed by atoms with Crippen molar-refractivity contribution < 1.29 is 14.7 Å². The SMILES string of the molecule is CC(C)CCN(c1ccc(CCC2(O)CCCCC2)cc1)C1CCN(C(=O)CCC(C)C(N)=O)CC1. The second-order valence-electron chi connectivity index (χ2n) is 11.8. The molecule has 1 aliphatic heterocycles. The topological polar surface area (TPSA) is 86.9 Å². The van der Waals surface area contributed by atoms with E-state index in [1.807, 2.05) is 4.90 Å². The molecule has 6 heteroatoms. The van der Waals surface area contributed by atoms with Crippen LogP contribution in [0.5, 0.6) is 0 Å². The van der Waals surface area contributed by atoms with Gasteiger partial charge in [0.25, 0.3) is 0 Å². The predicted molar refractivity (Wildman–Crippen MR) is 147 cm³/mol. The molecule has 3 rings (SSSR count). The maximum atomic E-state index is 12.7. The summed E-state index contributed by atoms with van der Waals surface area (Å²) >= 11 is 0. The van der Waals surface area contributed by atoms with Crippen molar-refractivity contribution in [3.63, 3.8) is 0 Å². The van der Waals surface area contributed by atoms with Crippen molar-refractivity contribution in [1.82, 2.24) is 4.90 Å². The summed E-state index contributed by atoms with van der Waals surface area (Å²) in [5, 5.41) is 10.9. The van der Waals surface area contributed by atoms with Crippen LogP contribution < -0.4 is 10.6 Å². The van der Waals surface area contributed by atoms with E-state index in [-0.39, 0.29) is 17.7 Å². The molecule has 0 bridgehead atoms. The van der Waals surface area contributed by atoms with Gasteiger partial charge in [0.05, 0.1) is 5.60 Å². The number of amides is 2. The summed E-state index contributed by atoms with van der Waals surface area (Å²) in [6.45, 7) is 8.88. The van der Waals surface area contributed by atoms with Crippen LogP contribution in [0, 0.1) is 11.8 Å². The van der Waals surface area contributed by atoms with E-state index in [4.69, 9.17) is 5.73 Å². The van der Waals surface area contributed by atoms with Crippen LogP contribution in [-0.2, 0) is 16.0 Å². The van der Waals surface area contributed by atoms with Crippen molar-refractivity contribution in [3.8, 4) is 0 Å². The van der Waals surface area contributed by atoms with E-state index in [1.165, 1.54) is 17.7 Å². The Morgan fingerprint density at radius 1 is 1.06 bits per heavy atom. The lowest BCUT2D eigenvalue weighted by Gasteiger charge is -2.40. The average molecular weight is 500 g/mol. The number of benzene rings is 1. The normalized spacial score (nSPS) is 19.3. The minimum atomic E-state index is -0.469. The molecule has 1 saturated carbocycles. The number of rotatable bonds is 12. The van der Waals surface area contributed by atoms with Gasteiger partial charge in [0.1, 0.15) is 0 Å². The molecule has 2 aliphatic rings. The summed E-state index contributed by atoms with van der Waals surface area (Å²) in [5.74, 6) is 0.181. The van der Waals surface area contributed by atoms with Crippen LogP contribution in [0.2, 0.25) is 0 Å². The maximum Gasteiger partial charge on any atom is 0.222 e. The van der Waals surface area contributed by atoms with Gasteiger partial charge in [-0.05, 0) is 75.0 Å². The fourth-order valence-corrected chi connectivity index (χ4v) is 5.68. The van der Waals surface area contributed by atoms with Gasteiger partial charge in [0.2, 0.25) is 11.8 Å². The van der Waals surface area contributed by atoms with Crippen LogP contribution in [0.1, 0.15) is 97.0 Å². The van der Waals surface area contributed by atoms with E-state index in [0.717, 1.165) is 77.4 Å². The number of aliphatic hydroxyl groups is 1. The summed E-state index contributed by atoms with van der Waals surface area (Å²) in [4.78, 5) is 28.5. The highest BCUT2D eigenvalue weighted by Gasteiger charge is 2.29. The Labute approximate surface area is 218 Å². The maximum absolute atomic E-state index is 12.7. The zero-order chi connectivity index (χ0) is 26.1. The fourth-order valence-electron chi connectivity index (χ4n) is 5.68. The lowest BCUT2D eigenvalue weighted by molar-refractivity contribution is -0.132. The smallest absolute Gasteiger partial charge is 0.222 e. The molecule has 1 aromatic carbocycles. The molecule has 2 amide bonds. The molecule has 0 radical (unpaired) electrons. The van der Waals surface area contributed by atoms with E-state index >= 15 is 0 Å². The molecular formula is C30H49N3O3. The second kappa shape index (κ2) is 13.5. The van der Waals surface area contributed by atoms with Crippen LogP contribution in [0.3, 0.4) is 0 Å². The Kier molecular flexibility index (Phi) is 10.7.